The normalized spacial score (nSPS) is 17.1. The van der Waals surface area contributed by atoms with Crippen molar-refractivity contribution in [2.75, 3.05) is 10.8 Å². The van der Waals surface area contributed by atoms with Crippen molar-refractivity contribution in [2.45, 2.75) is 31.7 Å². The summed E-state index contributed by atoms with van der Waals surface area (Å²) in [4.78, 5) is 38.3. The zero-order valence-electron chi connectivity index (χ0n) is 17.4. The quantitative estimate of drug-likeness (QED) is 0.435. The fraction of sp³-hybridized carbons (Fsp3) is 0.261. The molecule has 0 bridgehead atoms. The van der Waals surface area contributed by atoms with E-state index in [2.05, 4.69) is 0 Å². The van der Waals surface area contributed by atoms with Gasteiger partial charge in [-0.15, -0.1) is 0 Å². The molecule has 3 aromatic rings. The Bertz CT molecular complexity index is 1300. The number of amides is 2. The van der Waals surface area contributed by atoms with Gasteiger partial charge in [0.2, 0.25) is 0 Å². The fourth-order valence-electron chi connectivity index (χ4n) is 4.59. The monoisotopic (exact) mass is 467 g/mol. The molecule has 2 aliphatic rings. The lowest BCUT2D eigenvalue weighted by Crippen LogP contribution is -2.51. The first kappa shape index (κ1) is 21.4. The predicted octanol–water partition coefficient (Wildman–Crippen LogP) is 2.66. The largest absolute Gasteiger partial charge is 0.755 e. The number of carboxylic acids is 1. The van der Waals surface area contributed by atoms with Crippen molar-refractivity contribution in [1.29, 1.82) is 0 Å². The van der Waals surface area contributed by atoms with Gasteiger partial charge in [0.05, 0.1) is 23.4 Å². The molecule has 0 saturated heterocycles. The maximum atomic E-state index is 12.7. The van der Waals surface area contributed by atoms with E-state index >= 15 is 0 Å². The predicted molar refractivity (Wildman–Crippen MR) is 117 cm³/mol. The second-order valence-corrected chi connectivity index (χ2v) is 8.88. The minimum atomic E-state index is -3.00. The van der Waals surface area contributed by atoms with Crippen LogP contribution in [0.4, 0.5) is 5.69 Å². The summed E-state index contributed by atoms with van der Waals surface area (Å²) in [5.74, 6) is -1.95. The first-order valence-corrected chi connectivity index (χ1v) is 11.5. The average Bonchev–Trinajstić information content (AvgIpc) is 3.28. The van der Waals surface area contributed by atoms with E-state index in [-0.39, 0.29) is 16.8 Å². The maximum Gasteiger partial charge on any atom is 0.329 e. The number of hydrogen-bond donors (Lipinski definition) is 1. The molecular weight excluding hydrogens is 448 g/mol. The van der Waals surface area contributed by atoms with E-state index in [4.69, 9.17) is 4.42 Å². The number of furan rings is 1. The minimum absolute atomic E-state index is 0.0749. The Hall–Kier alpha value is -3.50. The van der Waals surface area contributed by atoms with Gasteiger partial charge in [-0.2, -0.15) is 0 Å². The van der Waals surface area contributed by atoms with Crippen LogP contribution in [0.3, 0.4) is 0 Å². The van der Waals surface area contributed by atoms with Crippen LogP contribution < -0.4 is 4.31 Å². The van der Waals surface area contributed by atoms with Crippen LogP contribution in [-0.4, -0.2) is 49.1 Å². The third kappa shape index (κ3) is 3.51. The van der Waals surface area contributed by atoms with Crippen molar-refractivity contribution in [3.63, 3.8) is 0 Å². The lowest BCUT2D eigenvalue weighted by Gasteiger charge is -2.33. The Morgan fingerprint density at radius 2 is 1.79 bits per heavy atom. The van der Waals surface area contributed by atoms with Crippen LogP contribution in [0, 0.1) is 0 Å². The molecule has 33 heavy (non-hydrogen) atoms. The molecule has 0 saturated carbocycles. The summed E-state index contributed by atoms with van der Waals surface area (Å²) in [6, 6.07) is 9.15. The molecule has 0 spiro atoms. The summed E-state index contributed by atoms with van der Waals surface area (Å²) >= 11 is -3.00. The molecule has 1 aromatic heterocycles. The molecule has 9 nitrogen and oxygen atoms in total. The van der Waals surface area contributed by atoms with Gasteiger partial charge < -0.3 is 14.1 Å². The second-order valence-electron chi connectivity index (χ2n) is 8.05. The molecule has 0 fully saturated rings. The Balaban J connectivity index is 1.51. The number of anilines is 1. The molecule has 1 N–H and O–H groups in total. The number of carboxylic acid groups (broad SMARTS) is 1. The topological polar surface area (TPSA) is 131 Å². The molecule has 2 heterocycles. The summed E-state index contributed by atoms with van der Waals surface area (Å²) in [5, 5.41) is 10.7. The Morgan fingerprint density at radius 1 is 1.12 bits per heavy atom. The van der Waals surface area contributed by atoms with Gasteiger partial charge in [0, 0.05) is 34.7 Å². The van der Waals surface area contributed by atoms with Crippen LogP contribution >= 0.6 is 0 Å². The molecule has 5 rings (SSSR count). The number of imide groups is 1. The van der Waals surface area contributed by atoms with Gasteiger partial charge in [-0.3, -0.25) is 23.0 Å². The van der Waals surface area contributed by atoms with Crippen LogP contribution in [0.15, 0.2) is 46.9 Å². The minimum Gasteiger partial charge on any atom is -0.755 e. The SMILES string of the molecule is O=C(O)C(CN1C(=O)c2ccccc2C1=O)N(c1ccc2c3c(oc2c1)CCCC3)S(=O)[O-]. The summed E-state index contributed by atoms with van der Waals surface area (Å²) in [7, 11) is 0. The third-order valence-electron chi connectivity index (χ3n) is 6.16. The fourth-order valence-corrected chi connectivity index (χ4v) is 5.24. The van der Waals surface area contributed by atoms with E-state index in [0.29, 0.717) is 9.89 Å². The van der Waals surface area contributed by atoms with E-state index in [0.717, 1.165) is 47.3 Å². The van der Waals surface area contributed by atoms with Gasteiger partial charge in [-0.25, -0.2) is 4.79 Å². The number of nitrogens with zero attached hydrogens (tertiary/aromatic N) is 2. The number of rotatable bonds is 6. The highest BCUT2D eigenvalue weighted by Gasteiger charge is 2.40. The average molecular weight is 467 g/mol. The number of carbonyl (C=O) groups excluding carboxylic acids is 2. The van der Waals surface area contributed by atoms with Crippen molar-refractivity contribution in [3.8, 4) is 0 Å². The number of benzene rings is 2. The lowest BCUT2D eigenvalue weighted by atomic mass is 9.96. The summed E-state index contributed by atoms with van der Waals surface area (Å²) in [5.41, 5.74) is 1.96. The van der Waals surface area contributed by atoms with E-state index in [1.165, 1.54) is 24.3 Å². The highest BCUT2D eigenvalue weighted by Crippen LogP contribution is 2.35. The summed E-state index contributed by atoms with van der Waals surface area (Å²) in [6.07, 6.45) is 3.73. The Labute approximate surface area is 191 Å². The molecule has 2 atom stereocenters. The van der Waals surface area contributed by atoms with Crippen molar-refractivity contribution >= 4 is 45.7 Å². The van der Waals surface area contributed by atoms with Crippen molar-refractivity contribution < 1.29 is 32.7 Å². The lowest BCUT2D eigenvalue weighted by molar-refractivity contribution is -0.138. The van der Waals surface area contributed by atoms with Gasteiger partial charge in [0.1, 0.15) is 11.3 Å². The highest BCUT2D eigenvalue weighted by atomic mass is 32.2. The van der Waals surface area contributed by atoms with E-state index in [1.54, 1.807) is 18.2 Å². The number of carbonyl (C=O) groups is 3. The molecular formula is C23H19N2O7S-. The van der Waals surface area contributed by atoms with Crippen molar-refractivity contribution in [1.82, 2.24) is 4.90 Å². The van der Waals surface area contributed by atoms with Gasteiger partial charge in [-0.1, -0.05) is 12.1 Å². The van der Waals surface area contributed by atoms with Crippen LogP contribution in [0.5, 0.6) is 0 Å². The summed E-state index contributed by atoms with van der Waals surface area (Å²) in [6.45, 7) is -0.637. The van der Waals surface area contributed by atoms with Gasteiger partial charge >= 0.3 is 5.97 Å². The first-order chi connectivity index (χ1) is 15.9. The highest BCUT2D eigenvalue weighted by molar-refractivity contribution is 7.80. The zero-order valence-corrected chi connectivity index (χ0v) is 18.2. The molecule has 1 aliphatic carbocycles. The number of hydrogen-bond acceptors (Lipinski definition) is 6. The van der Waals surface area contributed by atoms with Crippen LogP contribution in [-0.2, 0) is 28.9 Å². The Morgan fingerprint density at radius 3 is 2.42 bits per heavy atom. The third-order valence-corrected chi connectivity index (χ3v) is 6.94. The van der Waals surface area contributed by atoms with Crippen LogP contribution in [0.2, 0.25) is 0 Å². The molecule has 2 amide bonds. The molecule has 10 heteroatoms. The molecule has 2 aromatic carbocycles. The number of aryl methyl sites for hydroxylation is 2. The van der Waals surface area contributed by atoms with Gasteiger partial charge in [-0.05, 0) is 43.5 Å². The van der Waals surface area contributed by atoms with Gasteiger partial charge in [0.25, 0.3) is 11.8 Å². The molecule has 1 aliphatic heterocycles. The maximum absolute atomic E-state index is 12.7. The second kappa shape index (κ2) is 8.13. The van der Waals surface area contributed by atoms with E-state index < -0.39 is 41.6 Å². The molecule has 0 radical (unpaired) electrons. The molecule has 2 unspecified atom stereocenters. The van der Waals surface area contributed by atoms with Gasteiger partial charge in [0.15, 0.2) is 6.04 Å². The zero-order chi connectivity index (χ0) is 23.3. The van der Waals surface area contributed by atoms with Crippen molar-refractivity contribution in [2.24, 2.45) is 0 Å². The standard InChI is InChI=1S/C23H20N2O7S/c26-21-16-6-1-2-7-17(16)22(27)24(21)12-18(23(28)29)25(33(30)31)13-9-10-15-14-5-3-4-8-19(14)32-20(15)11-13/h1-2,6-7,9-11,18H,3-5,8,12H2,(H,28,29)(H,30,31)/p-1. The van der Waals surface area contributed by atoms with E-state index in [9.17, 15) is 28.3 Å². The first-order valence-electron chi connectivity index (χ1n) is 10.5. The summed E-state index contributed by atoms with van der Waals surface area (Å²) < 4.78 is 30.9. The van der Waals surface area contributed by atoms with Crippen LogP contribution in [0.1, 0.15) is 44.9 Å². The smallest absolute Gasteiger partial charge is 0.329 e. The number of fused-ring (bicyclic) bond motifs is 4. The Kier molecular flexibility index (Phi) is 5.26. The molecule has 170 valence electrons. The van der Waals surface area contributed by atoms with E-state index in [1.807, 2.05) is 0 Å². The number of aliphatic carboxylic acids is 1. The van der Waals surface area contributed by atoms with Crippen molar-refractivity contribution in [3.05, 3.63) is 64.9 Å². The van der Waals surface area contributed by atoms with Crippen LogP contribution in [0.25, 0.3) is 11.0 Å².